The van der Waals surface area contributed by atoms with Crippen molar-refractivity contribution in [3.8, 4) is 0 Å². The Morgan fingerprint density at radius 2 is 1.63 bits per heavy atom. The number of halogens is 6. The van der Waals surface area contributed by atoms with Gasteiger partial charge in [0.25, 0.3) is 0 Å². The number of thioether (sulfide) groups is 1. The maximum absolute atomic E-state index is 12.7. The van der Waals surface area contributed by atoms with Crippen LogP contribution in [0.2, 0.25) is 0 Å². The first-order valence-corrected chi connectivity index (χ1v) is 5.80. The lowest BCUT2D eigenvalue weighted by molar-refractivity contribution is -0.143. The Morgan fingerprint density at radius 1 is 1.11 bits per heavy atom. The standard InChI is InChI=1S/C10H6F6O2S/c1-19-6-3-4(9(11,12)13)2-5(10(14,15)16)7(6)8(17)18/h2-3H,1H3,(H,17,18). The number of carboxylic acids is 1. The number of hydrogen-bond acceptors (Lipinski definition) is 2. The first kappa shape index (κ1) is 15.7. The van der Waals surface area contributed by atoms with E-state index in [0.717, 1.165) is 0 Å². The molecule has 0 aliphatic rings. The molecule has 0 saturated carbocycles. The molecule has 0 unspecified atom stereocenters. The predicted octanol–water partition coefficient (Wildman–Crippen LogP) is 4.14. The van der Waals surface area contributed by atoms with Gasteiger partial charge < -0.3 is 5.11 Å². The van der Waals surface area contributed by atoms with Crippen molar-refractivity contribution in [1.82, 2.24) is 0 Å². The average Bonchev–Trinajstić information content (AvgIpc) is 2.24. The summed E-state index contributed by atoms with van der Waals surface area (Å²) in [6, 6.07) is 0.201. The predicted molar refractivity (Wildman–Crippen MR) is 55.2 cm³/mol. The minimum absolute atomic E-state index is 0.191. The molecule has 1 rings (SSSR count). The fourth-order valence-electron chi connectivity index (χ4n) is 1.38. The summed E-state index contributed by atoms with van der Waals surface area (Å²) in [5.74, 6) is -1.93. The molecule has 0 spiro atoms. The molecule has 0 heterocycles. The second-order valence-electron chi connectivity index (χ2n) is 3.40. The molecule has 0 aliphatic carbocycles. The van der Waals surface area contributed by atoms with Crippen molar-refractivity contribution in [2.45, 2.75) is 17.2 Å². The van der Waals surface area contributed by atoms with Gasteiger partial charge in [-0.05, 0) is 18.4 Å². The van der Waals surface area contributed by atoms with Crippen molar-refractivity contribution < 1.29 is 36.2 Å². The van der Waals surface area contributed by atoms with Gasteiger partial charge >= 0.3 is 18.3 Å². The lowest BCUT2D eigenvalue weighted by atomic mass is 10.0. The molecular formula is C10H6F6O2S. The fourth-order valence-corrected chi connectivity index (χ4v) is 2.03. The highest BCUT2D eigenvalue weighted by molar-refractivity contribution is 7.98. The van der Waals surface area contributed by atoms with E-state index in [9.17, 15) is 31.1 Å². The zero-order chi connectivity index (χ0) is 15.0. The molecule has 0 atom stereocenters. The summed E-state index contributed by atoms with van der Waals surface area (Å²) < 4.78 is 75.4. The van der Waals surface area contributed by atoms with Gasteiger partial charge in [0.05, 0.1) is 16.7 Å². The summed E-state index contributed by atoms with van der Waals surface area (Å²) in [6.07, 6.45) is -8.97. The molecule has 106 valence electrons. The normalized spacial score (nSPS) is 12.6. The van der Waals surface area contributed by atoms with Crippen LogP contribution in [0.15, 0.2) is 17.0 Å². The molecule has 0 radical (unpaired) electrons. The molecule has 19 heavy (non-hydrogen) atoms. The van der Waals surface area contributed by atoms with E-state index in [4.69, 9.17) is 5.11 Å². The maximum atomic E-state index is 12.7. The number of aromatic carboxylic acids is 1. The van der Waals surface area contributed by atoms with Gasteiger partial charge in [0, 0.05) is 4.90 Å². The summed E-state index contributed by atoms with van der Waals surface area (Å²) in [7, 11) is 0. The van der Waals surface area contributed by atoms with E-state index in [1.54, 1.807) is 0 Å². The molecule has 0 aliphatic heterocycles. The Balaban J connectivity index is 3.70. The van der Waals surface area contributed by atoms with Crippen molar-refractivity contribution >= 4 is 17.7 Å². The van der Waals surface area contributed by atoms with E-state index < -0.39 is 39.9 Å². The zero-order valence-electron chi connectivity index (χ0n) is 9.19. The van der Waals surface area contributed by atoms with E-state index in [0.29, 0.717) is 17.8 Å². The van der Waals surface area contributed by atoms with Crippen LogP contribution in [0, 0.1) is 0 Å². The number of alkyl halides is 6. The SMILES string of the molecule is CSc1cc(C(F)(F)F)cc(C(F)(F)F)c1C(=O)O. The van der Waals surface area contributed by atoms with Crippen LogP contribution in [-0.4, -0.2) is 17.3 Å². The van der Waals surface area contributed by atoms with E-state index in [1.807, 2.05) is 0 Å². The second-order valence-corrected chi connectivity index (χ2v) is 4.25. The number of benzene rings is 1. The van der Waals surface area contributed by atoms with Crippen LogP contribution in [0.4, 0.5) is 26.3 Å². The third kappa shape index (κ3) is 3.34. The Bertz CT molecular complexity index is 506. The van der Waals surface area contributed by atoms with Crippen LogP contribution in [0.5, 0.6) is 0 Å². The van der Waals surface area contributed by atoms with Crippen molar-refractivity contribution in [1.29, 1.82) is 0 Å². The van der Waals surface area contributed by atoms with Gasteiger partial charge in [0.2, 0.25) is 0 Å². The molecule has 1 aromatic rings. The number of rotatable bonds is 2. The third-order valence-corrected chi connectivity index (χ3v) is 2.93. The first-order chi connectivity index (χ1) is 8.48. The highest BCUT2D eigenvalue weighted by Crippen LogP contribution is 2.41. The molecular weight excluding hydrogens is 298 g/mol. The Labute approximate surface area is 107 Å². The van der Waals surface area contributed by atoms with Crippen LogP contribution in [0.3, 0.4) is 0 Å². The van der Waals surface area contributed by atoms with Crippen LogP contribution in [0.25, 0.3) is 0 Å². The molecule has 0 fully saturated rings. The highest BCUT2D eigenvalue weighted by Gasteiger charge is 2.41. The molecule has 1 N–H and O–H groups in total. The quantitative estimate of drug-likeness (QED) is 0.659. The van der Waals surface area contributed by atoms with Crippen molar-refractivity contribution in [3.63, 3.8) is 0 Å². The summed E-state index contributed by atoms with van der Waals surface area (Å²) in [6.45, 7) is 0. The molecule has 1 aromatic carbocycles. The molecule has 0 bridgehead atoms. The summed E-state index contributed by atoms with van der Waals surface area (Å²) in [5, 5.41) is 8.74. The van der Waals surface area contributed by atoms with Gasteiger partial charge in [0.1, 0.15) is 0 Å². The monoisotopic (exact) mass is 304 g/mol. The molecule has 9 heteroatoms. The Morgan fingerprint density at radius 3 is 1.95 bits per heavy atom. The minimum atomic E-state index is -5.18. The Hall–Kier alpha value is -1.38. The van der Waals surface area contributed by atoms with Gasteiger partial charge in [-0.1, -0.05) is 0 Å². The lowest BCUT2D eigenvalue weighted by Crippen LogP contribution is -2.17. The summed E-state index contributed by atoms with van der Waals surface area (Å²) >= 11 is 0.503. The van der Waals surface area contributed by atoms with Gasteiger partial charge in [-0.3, -0.25) is 0 Å². The summed E-state index contributed by atoms with van der Waals surface area (Å²) in [4.78, 5) is 10.2. The molecule has 0 aromatic heterocycles. The van der Waals surface area contributed by atoms with Crippen molar-refractivity contribution in [3.05, 3.63) is 28.8 Å². The third-order valence-electron chi connectivity index (χ3n) is 2.17. The topological polar surface area (TPSA) is 37.3 Å². The maximum Gasteiger partial charge on any atom is 0.417 e. The largest absolute Gasteiger partial charge is 0.478 e. The van der Waals surface area contributed by atoms with Crippen LogP contribution in [-0.2, 0) is 12.4 Å². The average molecular weight is 304 g/mol. The highest BCUT2D eigenvalue weighted by atomic mass is 32.2. The number of carboxylic acid groups (broad SMARTS) is 1. The van der Waals surface area contributed by atoms with Gasteiger partial charge in [-0.2, -0.15) is 26.3 Å². The molecule has 2 nitrogen and oxygen atoms in total. The van der Waals surface area contributed by atoms with Gasteiger partial charge in [-0.15, -0.1) is 11.8 Å². The molecule has 0 saturated heterocycles. The van der Waals surface area contributed by atoms with Gasteiger partial charge in [-0.25, -0.2) is 4.79 Å². The van der Waals surface area contributed by atoms with Crippen LogP contribution >= 0.6 is 11.8 Å². The minimum Gasteiger partial charge on any atom is -0.478 e. The van der Waals surface area contributed by atoms with Crippen LogP contribution in [0.1, 0.15) is 21.5 Å². The van der Waals surface area contributed by atoms with E-state index in [2.05, 4.69) is 0 Å². The zero-order valence-corrected chi connectivity index (χ0v) is 10.0. The second kappa shape index (κ2) is 4.95. The van der Waals surface area contributed by atoms with Crippen molar-refractivity contribution in [2.75, 3.05) is 6.26 Å². The van der Waals surface area contributed by atoms with E-state index in [-0.39, 0.29) is 6.07 Å². The Kier molecular flexibility index (Phi) is 4.08. The first-order valence-electron chi connectivity index (χ1n) is 4.58. The van der Waals surface area contributed by atoms with E-state index in [1.165, 1.54) is 6.26 Å². The number of hydrogen-bond donors (Lipinski definition) is 1. The smallest absolute Gasteiger partial charge is 0.417 e. The van der Waals surface area contributed by atoms with E-state index >= 15 is 0 Å². The van der Waals surface area contributed by atoms with Gasteiger partial charge in [0.15, 0.2) is 0 Å². The fraction of sp³-hybridized carbons (Fsp3) is 0.300. The number of carbonyl (C=O) groups is 1. The molecule has 0 amide bonds. The van der Waals surface area contributed by atoms with Crippen LogP contribution < -0.4 is 0 Å². The summed E-state index contributed by atoms with van der Waals surface area (Å²) in [5.41, 5.74) is -4.51. The van der Waals surface area contributed by atoms with Crippen molar-refractivity contribution in [2.24, 2.45) is 0 Å². The lowest BCUT2D eigenvalue weighted by Gasteiger charge is -2.16.